The zero-order valence-corrected chi connectivity index (χ0v) is 12.1. The predicted octanol–water partition coefficient (Wildman–Crippen LogP) is 3.59. The van der Waals surface area contributed by atoms with Crippen molar-refractivity contribution in [2.24, 2.45) is 5.41 Å². The Labute approximate surface area is 112 Å². The van der Waals surface area contributed by atoms with Crippen LogP contribution >= 0.6 is 0 Å². The summed E-state index contributed by atoms with van der Waals surface area (Å²) in [6.45, 7) is 9.18. The molecule has 1 atom stereocenters. The molecule has 2 aliphatic rings. The van der Waals surface area contributed by atoms with Gasteiger partial charge in [-0.05, 0) is 71.0 Å². The van der Waals surface area contributed by atoms with E-state index in [0.717, 1.165) is 0 Å². The molecule has 0 N–H and O–H groups in total. The summed E-state index contributed by atoms with van der Waals surface area (Å²) in [5.41, 5.74) is 1.05. The second-order valence-electron chi connectivity index (χ2n) is 6.25. The molecule has 0 saturated carbocycles. The van der Waals surface area contributed by atoms with Gasteiger partial charge in [0.05, 0.1) is 0 Å². The number of rotatable bonds is 1. The molecule has 1 aliphatic carbocycles. The van der Waals surface area contributed by atoms with Crippen LogP contribution in [-0.4, -0.2) is 30.3 Å². The average molecular weight is 249 g/mol. The first kappa shape index (κ1) is 15.2. The largest absolute Gasteiger partial charge is 0.301 e. The molecule has 18 heavy (non-hydrogen) atoms. The second-order valence-corrected chi connectivity index (χ2v) is 6.25. The lowest BCUT2D eigenvalue weighted by atomic mass is 9.65. The molecular formula is C16H27NO. The average Bonchev–Trinajstić information content (AvgIpc) is 2.35. The lowest BCUT2D eigenvalue weighted by molar-refractivity contribution is -0.104. The van der Waals surface area contributed by atoms with E-state index in [1.54, 1.807) is 0 Å². The number of piperidine rings is 1. The summed E-state index contributed by atoms with van der Waals surface area (Å²) in [5.74, 6) is 0. The van der Waals surface area contributed by atoms with E-state index in [2.05, 4.69) is 44.5 Å². The van der Waals surface area contributed by atoms with E-state index in [4.69, 9.17) is 4.79 Å². The molecule has 2 nitrogen and oxygen atoms in total. The molecular weight excluding hydrogens is 222 g/mol. The molecule has 0 aromatic heterocycles. The molecule has 1 spiro atoms. The van der Waals surface area contributed by atoms with Crippen LogP contribution in [0.15, 0.2) is 24.8 Å². The molecule has 1 fully saturated rings. The van der Waals surface area contributed by atoms with Crippen molar-refractivity contribution in [1.29, 1.82) is 0 Å². The molecule has 0 aromatic rings. The standard InChI is InChI=1S/C13H23N.C3H4O/c1-12(2)11-13(9-10-14(12)3)7-5-4-6-8-13;1-2-3-4/h4-5H,6-11H2,1-3H3;2-3H,1H2. The second kappa shape index (κ2) is 6.33. The quantitative estimate of drug-likeness (QED) is 0.402. The van der Waals surface area contributed by atoms with E-state index in [0.29, 0.717) is 17.2 Å². The number of aldehydes is 1. The highest BCUT2D eigenvalue weighted by Gasteiger charge is 2.41. The molecule has 1 aliphatic heterocycles. The van der Waals surface area contributed by atoms with Gasteiger partial charge in [-0.3, -0.25) is 4.79 Å². The van der Waals surface area contributed by atoms with Gasteiger partial charge in [-0.2, -0.15) is 0 Å². The van der Waals surface area contributed by atoms with Crippen LogP contribution in [0, 0.1) is 5.41 Å². The van der Waals surface area contributed by atoms with Gasteiger partial charge < -0.3 is 4.90 Å². The first-order valence-electron chi connectivity index (χ1n) is 6.88. The minimum atomic E-state index is 0.406. The van der Waals surface area contributed by atoms with Crippen LogP contribution in [0.3, 0.4) is 0 Å². The minimum absolute atomic E-state index is 0.406. The number of likely N-dealkylation sites (tertiary alicyclic amines) is 1. The number of hydrogen-bond donors (Lipinski definition) is 0. The fraction of sp³-hybridized carbons (Fsp3) is 0.688. The maximum Gasteiger partial charge on any atom is 0.142 e. The van der Waals surface area contributed by atoms with Crippen LogP contribution in [-0.2, 0) is 4.79 Å². The molecule has 1 heterocycles. The molecule has 2 heteroatoms. The normalized spacial score (nSPS) is 30.4. The Morgan fingerprint density at radius 2 is 1.94 bits per heavy atom. The zero-order chi connectivity index (χ0) is 13.6. The predicted molar refractivity (Wildman–Crippen MR) is 77.6 cm³/mol. The van der Waals surface area contributed by atoms with E-state index in [1.807, 2.05) is 0 Å². The Balaban J connectivity index is 0.000000357. The smallest absolute Gasteiger partial charge is 0.142 e. The van der Waals surface area contributed by atoms with E-state index in [9.17, 15) is 0 Å². The molecule has 1 unspecified atom stereocenters. The summed E-state index contributed by atoms with van der Waals surface area (Å²) in [6.07, 6.45) is 13.4. The molecule has 102 valence electrons. The number of allylic oxidation sites excluding steroid dienone is 3. The summed E-state index contributed by atoms with van der Waals surface area (Å²) < 4.78 is 0. The van der Waals surface area contributed by atoms with E-state index >= 15 is 0 Å². The summed E-state index contributed by atoms with van der Waals surface area (Å²) in [5, 5.41) is 0. The monoisotopic (exact) mass is 249 g/mol. The lowest BCUT2D eigenvalue weighted by Crippen LogP contribution is -2.51. The zero-order valence-electron chi connectivity index (χ0n) is 12.1. The minimum Gasteiger partial charge on any atom is -0.301 e. The summed E-state index contributed by atoms with van der Waals surface area (Å²) in [6, 6.07) is 0. The van der Waals surface area contributed by atoms with Gasteiger partial charge in [0.2, 0.25) is 0 Å². The van der Waals surface area contributed by atoms with Crippen molar-refractivity contribution >= 4 is 6.29 Å². The van der Waals surface area contributed by atoms with Crippen molar-refractivity contribution in [3.63, 3.8) is 0 Å². The van der Waals surface area contributed by atoms with Crippen molar-refractivity contribution in [3.05, 3.63) is 24.8 Å². The third kappa shape index (κ3) is 3.81. The van der Waals surface area contributed by atoms with Gasteiger partial charge in [-0.15, -0.1) is 0 Å². The Morgan fingerprint density at radius 1 is 1.28 bits per heavy atom. The maximum atomic E-state index is 9.06. The fourth-order valence-electron chi connectivity index (χ4n) is 3.18. The number of carbonyl (C=O) groups is 1. The highest BCUT2D eigenvalue weighted by Crippen LogP contribution is 2.47. The highest BCUT2D eigenvalue weighted by molar-refractivity contribution is 5.63. The third-order valence-corrected chi connectivity index (χ3v) is 4.47. The third-order valence-electron chi connectivity index (χ3n) is 4.47. The SMILES string of the molecule is C=CC=O.CN1CCC2(CC=CCC2)CC1(C)C. The molecule has 0 amide bonds. The maximum absolute atomic E-state index is 9.06. The van der Waals surface area contributed by atoms with Crippen LogP contribution in [0.2, 0.25) is 0 Å². The van der Waals surface area contributed by atoms with Crippen LogP contribution < -0.4 is 0 Å². The van der Waals surface area contributed by atoms with Crippen molar-refractivity contribution in [2.45, 2.75) is 51.5 Å². The Morgan fingerprint density at radius 3 is 2.39 bits per heavy atom. The van der Waals surface area contributed by atoms with E-state index in [1.165, 1.54) is 44.7 Å². The summed E-state index contributed by atoms with van der Waals surface area (Å²) >= 11 is 0. The molecule has 0 bridgehead atoms. The van der Waals surface area contributed by atoms with Crippen LogP contribution in [0.1, 0.15) is 46.0 Å². The molecule has 0 aromatic carbocycles. The molecule has 0 radical (unpaired) electrons. The number of nitrogens with zero attached hydrogens (tertiary/aromatic N) is 1. The Kier molecular flexibility index (Phi) is 5.33. The summed E-state index contributed by atoms with van der Waals surface area (Å²) in [4.78, 5) is 11.6. The van der Waals surface area contributed by atoms with Gasteiger partial charge in [0.25, 0.3) is 0 Å². The van der Waals surface area contributed by atoms with Gasteiger partial charge in [0.1, 0.15) is 6.29 Å². The van der Waals surface area contributed by atoms with Gasteiger partial charge in [0, 0.05) is 5.54 Å². The van der Waals surface area contributed by atoms with Crippen LogP contribution in [0.5, 0.6) is 0 Å². The van der Waals surface area contributed by atoms with E-state index < -0.39 is 0 Å². The highest BCUT2D eigenvalue weighted by atomic mass is 16.1. The van der Waals surface area contributed by atoms with Crippen molar-refractivity contribution < 1.29 is 4.79 Å². The van der Waals surface area contributed by atoms with Gasteiger partial charge in [0.15, 0.2) is 0 Å². The van der Waals surface area contributed by atoms with Crippen molar-refractivity contribution in [3.8, 4) is 0 Å². The number of hydrogen-bond acceptors (Lipinski definition) is 2. The van der Waals surface area contributed by atoms with Crippen molar-refractivity contribution in [2.75, 3.05) is 13.6 Å². The molecule has 1 saturated heterocycles. The van der Waals surface area contributed by atoms with Crippen LogP contribution in [0.4, 0.5) is 0 Å². The first-order chi connectivity index (χ1) is 8.46. The van der Waals surface area contributed by atoms with Gasteiger partial charge in [-0.1, -0.05) is 18.7 Å². The molecule has 2 rings (SSSR count). The topological polar surface area (TPSA) is 20.3 Å². The summed E-state index contributed by atoms with van der Waals surface area (Å²) in [7, 11) is 2.27. The van der Waals surface area contributed by atoms with Gasteiger partial charge in [-0.25, -0.2) is 0 Å². The fourth-order valence-corrected chi connectivity index (χ4v) is 3.18. The first-order valence-corrected chi connectivity index (χ1v) is 6.88. The number of carbonyl (C=O) groups excluding carboxylic acids is 1. The Bertz CT molecular complexity index is 313. The van der Waals surface area contributed by atoms with E-state index in [-0.39, 0.29) is 0 Å². The van der Waals surface area contributed by atoms with Crippen molar-refractivity contribution in [1.82, 2.24) is 4.90 Å². The van der Waals surface area contributed by atoms with Gasteiger partial charge >= 0.3 is 0 Å². The Hall–Kier alpha value is -0.890. The van der Waals surface area contributed by atoms with Crippen LogP contribution in [0.25, 0.3) is 0 Å². The lowest BCUT2D eigenvalue weighted by Gasteiger charge is -2.51.